The molecular weight excluding hydrogens is 308 g/mol. The van der Waals surface area contributed by atoms with Gasteiger partial charge in [-0.25, -0.2) is 13.6 Å². The van der Waals surface area contributed by atoms with Gasteiger partial charge in [0.1, 0.15) is 0 Å². The molecule has 0 saturated carbocycles. The van der Waals surface area contributed by atoms with E-state index in [1.165, 1.54) is 0 Å². The minimum Gasteiger partial charge on any atom is -0.378 e. The maximum atomic E-state index is 11.3. The first kappa shape index (κ1) is 14.4. The van der Waals surface area contributed by atoms with Crippen LogP contribution in [0.25, 0.3) is 0 Å². The zero-order valence-corrected chi connectivity index (χ0v) is 12.8. The van der Waals surface area contributed by atoms with Crippen molar-refractivity contribution in [1.82, 2.24) is 0 Å². The SMILES string of the molecule is NS(=O)(=O)c1ccc(C2CCc3c(Cl)cccc3N2)cc1. The highest BCUT2D eigenvalue weighted by atomic mass is 35.5. The molecule has 0 radical (unpaired) electrons. The molecule has 0 spiro atoms. The number of primary sulfonamides is 1. The molecule has 6 heteroatoms. The van der Waals surface area contributed by atoms with Gasteiger partial charge in [0.05, 0.1) is 10.9 Å². The van der Waals surface area contributed by atoms with Crippen molar-refractivity contribution in [3.8, 4) is 0 Å². The fourth-order valence-corrected chi connectivity index (χ4v) is 3.42. The summed E-state index contributed by atoms with van der Waals surface area (Å²) in [5, 5.41) is 9.33. The van der Waals surface area contributed by atoms with Gasteiger partial charge in [-0.3, -0.25) is 0 Å². The molecule has 1 aliphatic heterocycles. The monoisotopic (exact) mass is 322 g/mol. The van der Waals surface area contributed by atoms with E-state index in [1.54, 1.807) is 24.3 Å². The van der Waals surface area contributed by atoms with Gasteiger partial charge in [0.2, 0.25) is 10.0 Å². The third-order valence-electron chi connectivity index (χ3n) is 3.74. The first-order chi connectivity index (χ1) is 9.95. The van der Waals surface area contributed by atoms with Crippen LogP contribution in [0.2, 0.25) is 5.02 Å². The second kappa shape index (κ2) is 5.33. The van der Waals surface area contributed by atoms with Crippen molar-refractivity contribution in [1.29, 1.82) is 0 Å². The molecule has 1 unspecified atom stereocenters. The number of anilines is 1. The molecule has 1 atom stereocenters. The molecule has 21 heavy (non-hydrogen) atoms. The van der Waals surface area contributed by atoms with Crippen LogP contribution in [0.15, 0.2) is 47.4 Å². The van der Waals surface area contributed by atoms with Crippen LogP contribution in [0.5, 0.6) is 0 Å². The molecule has 2 aromatic carbocycles. The van der Waals surface area contributed by atoms with Crippen LogP contribution in [-0.4, -0.2) is 8.42 Å². The highest BCUT2D eigenvalue weighted by Crippen LogP contribution is 2.36. The molecule has 0 saturated heterocycles. The van der Waals surface area contributed by atoms with Gasteiger partial charge in [0, 0.05) is 10.7 Å². The third-order valence-corrected chi connectivity index (χ3v) is 5.03. The van der Waals surface area contributed by atoms with Crippen LogP contribution in [-0.2, 0) is 16.4 Å². The lowest BCUT2D eigenvalue weighted by molar-refractivity contribution is 0.597. The molecule has 2 aromatic rings. The summed E-state index contributed by atoms with van der Waals surface area (Å²) in [7, 11) is -3.64. The highest BCUT2D eigenvalue weighted by molar-refractivity contribution is 7.89. The molecular formula is C15H15ClN2O2S. The molecule has 4 nitrogen and oxygen atoms in total. The highest BCUT2D eigenvalue weighted by Gasteiger charge is 2.21. The quantitative estimate of drug-likeness (QED) is 0.892. The van der Waals surface area contributed by atoms with Crippen molar-refractivity contribution in [2.24, 2.45) is 5.14 Å². The Morgan fingerprint density at radius 2 is 1.86 bits per heavy atom. The van der Waals surface area contributed by atoms with E-state index in [4.69, 9.17) is 16.7 Å². The Morgan fingerprint density at radius 1 is 1.14 bits per heavy atom. The number of hydrogen-bond donors (Lipinski definition) is 2. The lowest BCUT2D eigenvalue weighted by Crippen LogP contribution is -2.18. The van der Waals surface area contributed by atoms with Gasteiger partial charge in [0.15, 0.2) is 0 Å². The smallest absolute Gasteiger partial charge is 0.238 e. The summed E-state index contributed by atoms with van der Waals surface area (Å²) in [5.41, 5.74) is 3.21. The van der Waals surface area contributed by atoms with Gasteiger partial charge in [-0.15, -0.1) is 0 Å². The van der Waals surface area contributed by atoms with E-state index in [0.29, 0.717) is 0 Å². The predicted molar refractivity (Wildman–Crippen MR) is 84.0 cm³/mol. The number of nitrogens with two attached hydrogens (primary N) is 1. The van der Waals surface area contributed by atoms with Crippen LogP contribution >= 0.6 is 11.6 Å². The van der Waals surface area contributed by atoms with Gasteiger partial charge in [-0.1, -0.05) is 29.8 Å². The van der Waals surface area contributed by atoms with Gasteiger partial charge in [-0.05, 0) is 48.2 Å². The Labute approximate surface area is 129 Å². The van der Waals surface area contributed by atoms with Gasteiger partial charge < -0.3 is 5.32 Å². The summed E-state index contributed by atoms with van der Waals surface area (Å²) in [5.74, 6) is 0. The molecule has 1 aliphatic rings. The maximum Gasteiger partial charge on any atom is 0.238 e. The van der Waals surface area contributed by atoms with E-state index in [1.807, 2.05) is 18.2 Å². The van der Waals surface area contributed by atoms with Crippen LogP contribution in [0.1, 0.15) is 23.6 Å². The maximum absolute atomic E-state index is 11.3. The number of benzene rings is 2. The Kier molecular flexibility index (Phi) is 3.65. The Hall–Kier alpha value is -1.56. The first-order valence-electron chi connectivity index (χ1n) is 6.62. The van der Waals surface area contributed by atoms with E-state index >= 15 is 0 Å². The predicted octanol–water partition coefficient (Wildman–Crippen LogP) is 3.09. The fourth-order valence-electron chi connectivity index (χ4n) is 2.64. The molecule has 1 heterocycles. The zero-order valence-electron chi connectivity index (χ0n) is 11.2. The summed E-state index contributed by atoms with van der Waals surface area (Å²) >= 11 is 6.19. The van der Waals surface area contributed by atoms with Crippen LogP contribution < -0.4 is 10.5 Å². The van der Waals surface area contributed by atoms with E-state index in [-0.39, 0.29) is 10.9 Å². The van der Waals surface area contributed by atoms with Crippen LogP contribution in [0.3, 0.4) is 0 Å². The van der Waals surface area contributed by atoms with E-state index in [9.17, 15) is 8.42 Å². The van der Waals surface area contributed by atoms with Crippen molar-refractivity contribution < 1.29 is 8.42 Å². The Bertz CT molecular complexity index is 773. The molecule has 3 N–H and O–H groups in total. The van der Waals surface area contributed by atoms with Gasteiger partial charge >= 0.3 is 0 Å². The van der Waals surface area contributed by atoms with E-state index < -0.39 is 10.0 Å². The standard InChI is InChI=1S/C15H15ClN2O2S/c16-13-2-1-3-15-12(13)8-9-14(18-15)10-4-6-11(7-5-10)21(17,19)20/h1-7,14,18H,8-9H2,(H2,17,19,20). The van der Waals surface area contributed by atoms with Crippen molar-refractivity contribution in [3.05, 3.63) is 58.6 Å². The molecule has 0 bridgehead atoms. The number of rotatable bonds is 2. The summed E-state index contributed by atoms with van der Waals surface area (Å²) in [4.78, 5) is 0.130. The largest absolute Gasteiger partial charge is 0.378 e. The van der Waals surface area contributed by atoms with Gasteiger partial charge in [0.25, 0.3) is 0 Å². The minimum absolute atomic E-state index is 0.130. The Morgan fingerprint density at radius 3 is 2.52 bits per heavy atom. The number of hydrogen-bond acceptors (Lipinski definition) is 3. The van der Waals surface area contributed by atoms with Crippen molar-refractivity contribution in [2.75, 3.05) is 5.32 Å². The summed E-state index contributed by atoms with van der Waals surface area (Å²) in [6.07, 6.45) is 1.80. The molecule has 110 valence electrons. The van der Waals surface area contributed by atoms with E-state index in [0.717, 1.165) is 34.7 Å². The van der Waals surface area contributed by atoms with Crippen molar-refractivity contribution in [2.45, 2.75) is 23.8 Å². The number of nitrogens with one attached hydrogen (secondary N) is 1. The summed E-state index contributed by atoms with van der Waals surface area (Å²) in [6.45, 7) is 0. The average molecular weight is 323 g/mol. The molecule has 0 aliphatic carbocycles. The van der Waals surface area contributed by atoms with Crippen molar-refractivity contribution in [3.63, 3.8) is 0 Å². The van der Waals surface area contributed by atoms with Crippen molar-refractivity contribution >= 4 is 27.3 Å². The summed E-state index contributed by atoms with van der Waals surface area (Å²) in [6, 6.07) is 12.6. The number of fused-ring (bicyclic) bond motifs is 1. The number of halogens is 1. The summed E-state index contributed by atoms with van der Waals surface area (Å²) < 4.78 is 22.5. The fraction of sp³-hybridized carbons (Fsp3) is 0.200. The lowest BCUT2D eigenvalue weighted by Gasteiger charge is -2.28. The Balaban J connectivity index is 1.86. The lowest BCUT2D eigenvalue weighted by atomic mass is 9.93. The second-order valence-corrected chi connectivity index (χ2v) is 7.08. The molecule has 0 amide bonds. The minimum atomic E-state index is -3.64. The van der Waals surface area contributed by atoms with E-state index in [2.05, 4.69) is 5.32 Å². The first-order valence-corrected chi connectivity index (χ1v) is 8.54. The van der Waals surface area contributed by atoms with Crippen LogP contribution in [0.4, 0.5) is 5.69 Å². The molecule has 3 rings (SSSR count). The average Bonchev–Trinajstić information content (AvgIpc) is 2.46. The topological polar surface area (TPSA) is 72.2 Å². The normalized spacial score (nSPS) is 17.9. The second-order valence-electron chi connectivity index (χ2n) is 5.12. The number of sulfonamides is 1. The molecule has 0 fully saturated rings. The third kappa shape index (κ3) is 2.90. The molecule has 0 aromatic heterocycles. The van der Waals surface area contributed by atoms with Gasteiger partial charge in [-0.2, -0.15) is 0 Å². The van der Waals surface area contributed by atoms with Crippen LogP contribution in [0, 0.1) is 0 Å². The zero-order chi connectivity index (χ0) is 15.0.